The zero-order valence-electron chi connectivity index (χ0n) is 18.0. The Morgan fingerprint density at radius 1 is 1.03 bits per heavy atom. The number of hydrogen-bond donors (Lipinski definition) is 1. The minimum atomic E-state index is -0.128. The quantitative estimate of drug-likeness (QED) is 0.646. The van der Waals surface area contributed by atoms with Gasteiger partial charge in [-0.15, -0.1) is 0 Å². The Balaban J connectivity index is 1.59. The molecule has 0 unspecified atom stereocenters. The summed E-state index contributed by atoms with van der Waals surface area (Å²) >= 11 is 0. The van der Waals surface area contributed by atoms with Gasteiger partial charge in [0, 0.05) is 31.7 Å². The summed E-state index contributed by atoms with van der Waals surface area (Å²) in [6, 6.07) is 13.7. The Morgan fingerprint density at radius 2 is 1.83 bits per heavy atom. The smallest absolute Gasteiger partial charge is 0.251 e. The van der Waals surface area contributed by atoms with E-state index in [4.69, 9.17) is 14.2 Å². The predicted octanol–water partition coefficient (Wildman–Crippen LogP) is 3.64. The van der Waals surface area contributed by atoms with Crippen molar-refractivity contribution in [1.82, 2.24) is 10.2 Å². The summed E-state index contributed by atoms with van der Waals surface area (Å²) in [7, 11) is 0. The van der Waals surface area contributed by atoms with Gasteiger partial charge in [0.1, 0.15) is 0 Å². The Morgan fingerprint density at radius 3 is 2.60 bits per heavy atom. The lowest BCUT2D eigenvalue weighted by molar-refractivity contribution is 0.0342. The first-order chi connectivity index (χ1) is 14.7. The lowest BCUT2D eigenvalue weighted by Crippen LogP contribution is -2.35. The average molecular weight is 413 g/mol. The molecule has 0 bridgehead atoms. The predicted molar refractivity (Wildman–Crippen MR) is 117 cm³/mol. The molecule has 1 amide bonds. The van der Waals surface area contributed by atoms with Crippen molar-refractivity contribution in [2.45, 2.75) is 33.4 Å². The van der Waals surface area contributed by atoms with Crippen molar-refractivity contribution in [2.24, 2.45) is 0 Å². The molecule has 2 aromatic carbocycles. The molecule has 1 fully saturated rings. The molecule has 30 heavy (non-hydrogen) atoms. The fourth-order valence-corrected chi connectivity index (χ4v) is 3.39. The van der Waals surface area contributed by atoms with Crippen LogP contribution in [0.25, 0.3) is 0 Å². The van der Waals surface area contributed by atoms with Gasteiger partial charge >= 0.3 is 0 Å². The lowest BCUT2D eigenvalue weighted by Gasteiger charge is -2.26. The van der Waals surface area contributed by atoms with Gasteiger partial charge in [0.2, 0.25) is 0 Å². The molecule has 0 spiro atoms. The molecule has 1 N–H and O–H groups in total. The second-order valence-corrected chi connectivity index (χ2v) is 7.33. The first-order valence-electron chi connectivity index (χ1n) is 10.8. The summed E-state index contributed by atoms with van der Waals surface area (Å²) in [5.41, 5.74) is 2.90. The van der Waals surface area contributed by atoms with Gasteiger partial charge in [0.15, 0.2) is 11.5 Å². The van der Waals surface area contributed by atoms with Crippen LogP contribution in [-0.4, -0.2) is 50.3 Å². The highest BCUT2D eigenvalue weighted by Gasteiger charge is 2.13. The standard InChI is InChI=1S/C24H32N2O4/c1-3-12-30-22-9-8-21(16-23(22)29-4-2)24(27)25-17-19-6-5-7-20(15-19)18-26-10-13-28-14-11-26/h5-9,15-16H,3-4,10-14,17-18H2,1-2H3,(H,25,27). The Labute approximate surface area is 179 Å². The van der Waals surface area contributed by atoms with E-state index >= 15 is 0 Å². The van der Waals surface area contributed by atoms with Crippen molar-refractivity contribution in [1.29, 1.82) is 0 Å². The maximum absolute atomic E-state index is 12.7. The molecule has 0 atom stereocenters. The van der Waals surface area contributed by atoms with E-state index < -0.39 is 0 Å². The molecule has 0 aliphatic carbocycles. The number of morpholine rings is 1. The van der Waals surface area contributed by atoms with Crippen molar-refractivity contribution in [2.75, 3.05) is 39.5 Å². The molecule has 1 saturated heterocycles. The number of nitrogens with one attached hydrogen (secondary N) is 1. The number of amides is 1. The average Bonchev–Trinajstić information content (AvgIpc) is 2.78. The van der Waals surface area contributed by atoms with Crippen LogP contribution in [0.1, 0.15) is 41.8 Å². The van der Waals surface area contributed by atoms with E-state index in [0.29, 0.717) is 36.8 Å². The lowest BCUT2D eigenvalue weighted by atomic mass is 10.1. The molecule has 1 aliphatic heterocycles. The zero-order valence-corrected chi connectivity index (χ0v) is 18.0. The first-order valence-corrected chi connectivity index (χ1v) is 10.8. The largest absolute Gasteiger partial charge is 0.490 e. The molecule has 0 aromatic heterocycles. The van der Waals surface area contributed by atoms with Gasteiger partial charge in [0.25, 0.3) is 5.91 Å². The summed E-state index contributed by atoms with van der Waals surface area (Å²) in [6.45, 7) is 10.00. The van der Waals surface area contributed by atoms with Crippen molar-refractivity contribution in [3.63, 3.8) is 0 Å². The Kier molecular flexibility index (Phi) is 8.53. The highest BCUT2D eigenvalue weighted by Crippen LogP contribution is 2.28. The van der Waals surface area contributed by atoms with Crippen LogP contribution in [0.15, 0.2) is 42.5 Å². The van der Waals surface area contributed by atoms with Gasteiger partial charge in [0.05, 0.1) is 26.4 Å². The minimum Gasteiger partial charge on any atom is -0.490 e. The SMILES string of the molecule is CCCOc1ccc(C(=O)NCc2cccc(CN3CCOCC3)c2)cc1OCC. The molecular formula is C24H32N2O4. The van der Waals surface area contributed by atoms with Crippen LogP contribution in [0, 0.1) is 0 Å². The molecule has 2 aromatic rings. The minimum absolute atomic E-state index is 0.128. The molecule has 162 valence electrons. The maximum atomic E-state index is 12.7. The number of carbonyl (C=O) groups is 1. The maximum Gasteiger partial charge on any atom is 0.251 e. The van der Waals surface area contributed by atoms with Crippen molar-refractivity contribution < 1.29 is 19.0 Å². The van der Waals surface area contributed by atoms with Crippen molar-refractivity contribution >= 4 is 5.91 Å². The van der Waals surface area contributed by atoms with E-state index in [1.54, 1.807) is 18.2 Å². The number of benzene rings is 2. The van der Waals surface area contributed by atoms with E-state index in [2.05, 4.69) is 29.3 Å². The van der Waals surface area contributed by atoms with Crippen LogP contribution < -0.4 is 14.8 Å². The van der Waals surface area contributed by atoms with Gasteiger partial charge in [-0.25, -0.2) is 0 Å². The summed E-state index contributed by atoms with van der Waals surface area (Å²) in [6.07, 6.45) is 0.915. The second kappa shape index (κ2) is 11.6. The molecule has 0 radical (unpaired) electrons. The Bertz CT molecular complexity index is 819. The van der Waals surface area contributed by atoms with E-state index in [9.17, 15) is 4.79 Å². The number of rotatable bonds is 10. The van der Waals surface area contributed by atoms with Gasteiger partial charge in [-0.2, -0.15) is 0 Å². The van der Waals surface area contributed by atoms with Crippen LogP contribution in [0.4, 0.5) is 0 Å². The second-order valence-electron chi connectivity index (χ2n) is 7.33. The number of ether oxygens (including phenoxy) is 3. The van der Waals surface area contributed by atoms with E-state index in [0.717, 1.165) is 44.8 Å². The number of carbonyl (C=O) groups excluding carboxylic acids is 1. The monoisotopic (exact) mass is 412 g/mol. The highest BCUT2D eigenvalue weighted by atomic mass is 16.5. The van der Waals surface area contributed by atoms with Gasteiger partial charge in [-0.05, 0) is 42.7 Å². The van der Waals surface area contributed by atoms with Crippen LogP contribution in [-0.2, 0) is 17.8 Å². The number of hydrogen-bond acceptors (Lipinski definition) is 5. The third-order valence-corrected chi connectivity index (χ3v) is 4.92. The number of nitrogens with zero attached hydrogens (tertiary/aromatic N) is 1. The third kappa shape index (κ3) is 6.47. The van der Waals surface area contributed by atoms with Crippen LogP contribution in [0.5, 0.6) is 11.5 Å². The summed E-state index contributed by atoms with van der Waals surface area (Å²) in [5, 5.41) is 3.01. The van der Waals surface area contributed by atoms with Crippen molar-refractivity contribution in [3.8, 4) is 11.5 Å². The summed E-state index contributed by atoms with van der Waals surface area (Å²) < 4.78 is 16.8. The highest BCUT2D eigenvalue weighted by molar-refractivity contribution is 5.94. The van der Waals surface area contributed by atoms with Gasteiger partial charge in [-0.1, -0.05) is 31.2 Å². The van der Waals surface area contributed by atoms with Crippen LogP contribution >= 0.6 is 0 Å². The zero-order chi connectivity index (χ0) is 21.2. The molecular weight excluding hydrogens is 380 g/mol. The molecule has 1 aliphatic rings. The Hall–Kier alpha value is -2.57. The van der Waals surface area contributed by atoms with Gasteiger partial charge in [-0.3, -0.25) is 9.69 Å². The van der Waals surface area contributed by atoms with E-state index in [1.807, 2.05) is 19.1 Å². The topological polar surface area (TPSA) is 60.0 Å². The third-order valence-electron chi connectivity index (χ3n) is 4.92. The molecule has 6 nitrogen and oxygen atoms in total. The van der Waals surface area contributed by atoms with E-state index in [-0.39, 0.29) is 5.91 Å². The molecule has 1 heterocycles. The van der Waals surface area contributed by atoms with E-state index in [1.165, 1.54) is 5.56 Å². The normalized spacial score (nSPS) is 14.3. The van der Waals surface area contributed by atoms with Gasteiger partial charge < -0.3 is 19.5 Å². The molecule has 6 heteroatoms. The molecule has 3 rings (SSSR count). The van der Waals surface area contributed by atoms with Crippen LogP contribution in [0.2, 0.25) is 0 Å². The summed E-state index contributed by atoms with van der Waals surface area (Å²) in [5.74, 6) is 1.15. The fraction of sp³-hybridized carbons (Fsp3) is 0.458. The van der Waals surface area contributed by atoms with Crippen LogP contribution in [0.3, 0.4) is 0 Å². The summed E-state index contributed by atoms with van der Waals surface area (Å²) in [4.78, 5) is 15.1. The van der Waals surface area contributed by atoms with Crippen molar-refractivity contribution in [3.05, 3.63) is 59.2 Å². The molecule has 0 saturated carbocycles. The first kappa shape index (κ1) is 22.1. The fourth-order valence-electron chi connectivity index (χ4n) is 3.39.